The summed E-state index contributed by atoms with van der Waals surface area (Å²) < 4.78 is 5.72. The fourth-order valence-electron chi connectivity index (χ4n) is 2.04. The lowest BCUT2D eigenvalue weighted by Crippen LogP contribution is -2.25. The van der Waals surface area contributed by atoms with E-state index in [-0.39, 0.29) is 5.91 Å². The Bertz CT molecular complexity index is 455. The minimum Gasteiger partial charge on any atom is -0.491 e. The van der Waals surface area contributed by atoms with Gasteiger partial charge in [0.1, 0.15) is 5.75 Å². The number of nitrogens with zero attached hydrogens (tertiary/aromatic N) is 1. The molecule has 1 aliphatic rings. The number of hydrogen-bond acceptors (Lipinski definition) is 3. The summed E-state index contributed by atoms with van der Waals surface area (Å²) in [6.07, 6.45) is 0.405. The standard InChI is InChI=1S/C13H18N2O2/c1-8(2)10-6-9(14)7-11-13(10)17-5-4-12(16)15(11)3/h6-8H,4-5,14H2,1-3H3. The molecule has 0 spiro atoms. The second-order valence-corrected chi connectivity index (χ2v) is 4.66. The highest BCUT2D eigenvalue weighted by Gasteiger charge is 2.23. The number of nitrogens with two attached hydrogens (primary N) is 1. The van der Waals surface area contributed by atoms with Gasteiger partial charge in [0.15, 0.2) is 0 Å². The summed E-state index contributed by atoms with van der Waals surface area (Å²) >= 11 is 0. The van der Waals surface area contributed by atoms with E-state index in [9.17, 15) is 4.79 Å². The van der Waals surface area contributed by atoms with E-state index in [0.717, 1.165) is 17.0 Å². The van der Waals surface area contributed by atoms with E-state index in [0.29, 0.717) is 24.6 Å². The van der Waals surface area contributed by atoms with E-state index in [1.165, 1.54) is 0 Å². The molecule has 1 aromatic carbocycles. The highest BCUT2D eigenvalue weighted by atomic mass is 16.5. The van der Waals surface area contributed by atoms with E-state index >= 15 is 0 Å². The molecule has 0 aliphatic carbocycles. The summed E-state index contributed by atoms with van der Waals surface area (Å²) in [6, 6.07) is 3.72. The van der Waals surface area contributed by atoms with Gasteiger partial charge in [-0.25, -0.2) is 0 Å². The van der Waals surface area contributed by atoms with Crippen molar-refractivity contribution in [3.8, 4) is 5.75 Å². The third-order valence-electron chi connectivity index (χ3n) is 3.04. The van der Waals surface area contributed by atoms with Crippen LogP contribution in [-0.4, -0.2) is 19.6 Å². The molecule has 1 aliphatic heterocycles. The Balaban J connectivity index is 2.61. The minimum absolute atomic E-state index is 0.0593. The number of carbonyl (C=O) groups excluding carboxylic acids is 1. The maximum absolute atomic E-state index is 11.8. The second kappa shape index (κ2) is 4.28. The smallest absolute Gasteiger partial charge is 0.230 e. The lowest BCUT2D eigenvalue weighted by molar-refractivity contribution is -0.118. The molecule has 0 atom stereocenters. The van der Waals surface area contributed by atoms with E-state index in [2.05, 4.69) is 13.8 Å². The van der Waals surface area contributed by atoms with Gasteiger partial charge < -0.3 is 15.4 Å². The molecule has 92 valence electrons. The van der Waals surface area contributed by atoms with Crippen molar-refractivity contribution in [2.75, 3.05) is 24.3 Å². The molecule has 0 radical (unpaired) electrons. The van der Waals surface area contributed by atoms with Gasteiger partial charge in [0.25, 0.3) is 0 Å². The number of ether oxygens (including phenoxy) is 1. The van der Waals surface area contributed by atoms with Crippen LogP contribution in [0.25, 0.3) is 0 Å². The summed E-state index contributed by atoms with van der Waals surface area (Å²) in [7, 11) is 1.76. The normalized spacial score (nSPS) is 15.5. The number of benzene rings is 1. The van der Waals surface area contributed by atoms with Gasteiger partial charge in [0.2, 0.25) is 5.91 Å². The Hall–Kier alpha value is -1.71. The molecule has 1 heterocycles. The first-order chi connectivity index (χ1) is 8.00. The topological polar surface area (TPSA) is 55.6 Å². The maximum Gasteiger partial charge on any atom is 0.230 e. The molecule has 2 N–H and O–H groups in total. The summed E-state index contributed by atoms with van der Waals surface area (Å²) in [4.78, 5) is 13.4. The van der Waals surface area contributed by atoms with Gasteiger partial charge in [-0.1, -0.05) is 13.8 Å². The van der Waals surface area contributed by atoms with Crippen molar-refractivity contribution in [3.05, 3.63) is 17.7 Å². The van der Waals surface area contributed by atoms with Crippen molar-refractivity contribution in [2.45, 2.75) is 26.2 Å². The summed E-state index contributed by atoms with van der Waals surface area (Å²) in [5.74, 6) is 1.17. The van der Waals surface area contributed by atoms with Crippen LogP contribution in [0.4, 0.5) is 11.4 Å². The Morgan fingerprint density at radius 3 is 2.76 bits per heavy atom. The number of hydrogen-bond donors (Lipinski definition) is 1. The molecule has 0 saturated heterocycles. The molecule has 17 heavy (non-hydrogen) atoms. The van der Waals surface area contributed by atoms with Crippen molar-refractivity contribution in [1.82, 2.24) is 0 Å². The van der Waals surface area contributed by atoms with Gasteiger partial charge in [-0.3, -0.25) is 4.79 Å². The molecule has 0 fully saturated rings. The van der Waals surface area contributed by atoms with Crippen LogP contribution in [-0.2, 0) is 4.79 Å². The van der Waals surface area contributed by atoms with Crippen LogP contribution < -0.4 is 15.4 Å². The first-order valence-corrected chi connectivity index (χ1v) is 5.83. The monoisotopic (exact) mass is 234 g/mol. The maximum atomic E-state index is 11.8. The van der Waals surface area contributed by atoms with Crippen molar-refractivity contribution < 1.29 is 9.53 Å². The van der Waals surface area contributed by atoms with Crippen molar-refractivity contribution >= 4 is 17.3 Å². The molecule has 1 amide bonds. The molecule has 4 nitrogen and oxygen atoms in total. The first kappa shape index (κ1) is 11.8. The average molecular weight is 234 g/mol. The molecular formula is C13H18N2O2. The van der Waals surface area contributed by atoms with Crippen LogP contribution >= 0.6 is 0 Å². The lowest BCUT2D eigenvalue weighted by Gasteiger charge is -2.20. The van der Waals surface area contributed by atoms with Crippen LogP contribution in [0.15, 0.2) is 12.1 Å². The van der Waals surface area contributed by atoms with Crippen LogP contribution in [0.1, 0.15) is 31.7 Å². The van der Waals surface area contributed by atoms with Gasteiger partial charge in [-0.2, -0.15) is 0 Å². The highest BCUT2D eigenvalue weighted by molar-refractivity contribution is 5.96. The number of nitrogen functional groups attached to an aromatic ring is 1. The van der Waals surface area contributed by atoms with Gasteiger partial charge >= 0.3 is 0 Å². The van der Waals surface area contributed by atoms with Crippen LogP contribution in [0.2, 0.25) is 0 Å². The number of fused-ring (bicyclic) bond motifs is 1. The van der Waals surface area contributed by atoms with Crippen molar-refractivity contribution in [1.29, 1.82) is 0 Å². The molecular weight excluding hydrogens is 216 g/mol. The fourth-order valence-corrected chi connectivity index (χ4v) is 2.04. The van der Waals surface area contributed by atoms with Gasteiger partial charge in [0, 0.05) is 18.3 Å². The fraction of sp³-hybridized carbons (Fsp3) is 0.462. The Kier molecular flexibility index (Phi) is 2.96. The van der Waals surface area contributed by atoms with Crippen LogP contribution in [0, 0.1) is 0 Å². The number of rotatable bonds is 1. The van der Waals surface area contributed by atoms with Gasteiger partial charge in [0.05, 0.1) is 18.7 Å². The Morgan fingerprint density at radius 2 is 2.12 bits per heavy atom. The van der Waals surface area contributed by atoms with E-state index in [1.807, 2.05) is 6.07 Å². The molecule has 0 unspecified atom stereocenters. The van der Waals surface area contributed by atoms with E-state index in [4.69, 9.17) is 10.5 Å². The molecule has 1 aromatic rings. The number of carbonyl (C=O) groups is 1. The molecule has 0 aromatic heterocycles. The zero-order valence-corrected chi connectivity index (χ0v) is 10.5. The zero-order chi connectivity index (χ0) is 12.6. The Labute approximate surface area is 101 Å². The molecule has 0 bridgehead atoms. The van der Waals surface area contributed by atoms with Gasteiger partial charge in [-0.05, 0) is 18.1 Å². The van der Waals surface area contributed by atoms with Crippen LogP contribution in [0.3, 0.4) is 0 Å². The van der Waals surface area contributed by atoms with E-state index < -0.39 is 0 Å². The van der Waals surface area contributed by atoms with Gasteiger partial charge in [-0.15, -0.1) is 0 Å². The Morgan fingerprint density at radius 1 is 1.41 bits per heavy atom. The summed E-state index contributed by atoms with van der Waals surface area (Å²) in [6.45, 7) is 4.61. The molecule has 0 saturated carbocycles. The molecule has 2 rings (SSSR count). The van der Waals surface area contributed by atoms with Crippen molar-refractivity contribution in [2.24, 2.45) is 0 Å². The molecule has 4 heteroatoms. The quantitative estimate of drug-likeness (QED) is 0.757. The SMILES string of the molecule is CC(C)c1cc(N)cc2c1OCCC(=O)N2C. The minimum atomic E-state index is 0.0593. The largest absolute Gasteiger partial charge is 0.491 e. The summed E-state index contributed by atoms with van der Waals surface area (Å²) in [5, 5.41) is 0. The first-order valence-electron chi connectivity index (χ1n) is 5.83. The zero-order valence-electron chi connectivity index (χ0n) is 10.5. The second-order valence-electron chi connectivity index (χ2n) is 4.66. The predicted molar refractivity (Wildman–Crippen MR) is 68.5 cm³/mol. The lowest BCUT2D eigenvalue weighted by atomic mass is 10.00. The highest BCUT2D eigenvalue weighted by Crippen LogP contribution is 2.39. The summed E-state index contributed by atoms with van der Waals surface area (Å²) in [5.41, 5.74) is 8.38. The van der Waals surface area contributed by atoms with E-state index in [1.54, 1.807) is 18.0 Å². The average Bonchev–Trinajstić information content (AvgIpc) is 2.40. The number of anilines is 2. The van der Waals surface area contributed by atoms with Crippen molar-refractivity contribution in [3.63, 3.8) is 0 Å². The van der Waals surface area contributed by atoms with Crippen LogP contribution in [0.5, 0.6) is 5.75 Å². The third-order valence-corrected chi connectivity index (χ3v) is 3.04. The number of amides is 1. The third kappa shape index (κ3) is 2.07. The predicted octanol–water partition coefficient (Wildman–Crippen LogP) is 2.14.